The van der Waals surface area contributed by atoms with Crippen molar-refractivity contribution in [1.82, 2.24) is 9.80 Å². The third-order valence-electron chi connectivity index (χ3n) is 4.36. The fourth-order valence-corrected chi connectivity index (χ4v) is 3.04. The predicted molar refractivity (Wildman–Crippen MR) is 107 cm³/mol. The molecule has 0 unspecified atom stereocenters. The van der Waals surface area contributed by atoms with Crippen LogP contribution in [0.25, 0.3) is 0 Å². The summed E-state index contributed by atoms with van der Waals surface area (Å²) in [5.74, 6) is 0. The van der Waals surface area contributed by atoms with Gasteiger partial charge in [-0.05, 0) is 47.1 Å². The van der Waals surface area contributed by atoms with Crippen LogP contribution in [-0.2, 0) is 9.47 Å². The summed E-state index contributed by atoms with van der Waals surface area (Å²) in [5, 5.41) is 0. The number of amides is 1. The largest absolute Gasteiger partial charge is 0.444 e. The van der Waals surface area contributed by atoms with Gasteiger partial charge in [-0.25, -0.2) is 4.79 Å². The highest BCUT2D eigenvalue weighted by molar-refractivity contribution is 5.68. The van der Waals surface area contributed by atoms with Crippen molar-refractivity contribution in [3.63, 3.8) is 0 Å². The Labute approximate surface area is 159 Å². The van der Waals surface area contributed by atoms with E-state index in [0.29, 0.717) is 26.3 Å². The van der Waals surface area contributed by atoms with Crippen molar-refractivity contribution in [1.29, 1.82) is 0 Å². The normalized spacial score (nSPS) is 20.9. The Morgan fingerprint density at radius 1 is 1.35 bits per heavy atom. The van der Waals surface area contributed by atoms with Crippen LogP contribution in [0.15, 0.2) is 36.6 Å². The van der Waals surface area contributed by atoms with Crippen LogP contribution in [0.2, 0.25) is 0 Å². The lowest BCUT2D eigenvalue weighted by Gasteiger charge is -2.34. The molecular weight excluding hydrogens is 328 g/mol. The molecule has 0 spiro atoms. The molecule has 148 valence electrons. The van der Waals surface area contributed by atoms with Crippen LogP contribution in [0.3, 0.4) is 0 Å². The van der Waals surface area contributed by atoms with Gasteiger partial charge in [0.2, 0.25) is 0 Å². The maximum absolute atomic E-state index is 12.4. The first-order valence-electron chi connectivity index (χ1n) is 9.37. The van der Waals surface area contributed by atoms with Gasteiger partial charge in [0.25, 0.3) is 0 Å². The highest BCUT2D eigenvalue weighted by Gasteiger charge is 2.42. The summed E-state index contributed by atoms with van der Waals surface area (Å²) in [7, 11) is 2.03. The van der Waals surface area contributed by atoms with Crippen LogP contribution >= 0.6 is 0 Å². The minimum absolute atomic E-state index is 0.112. The maximum atomic E-state index is 12.4. The van der Waals surface area contributed by atoms with Gasteiger partial charge in [-0.15, -0.1) is 0 Å². The van der Waals surface area contributed by atoms with Crippen molar-refractivity contribution in [2.75, 3.05) is 39.9 Å². The van der Waals surface area contributed by atoms with Crippen LogP contribution in [0.5, 0.6) is 0 Å². The molecule has 0 saturated carbocycles. The highest BCUT2D eigenvalue weighted by atomic mass is 16.6. The lowest BCUT2D eigenvalue weighted by Crippen LogP contribution is -2.43. The molecule has 0 radical (unpaired) electrons. The number of hydrogen-bond donors (Lipinski definition) is 0. The average Bonchev–Trinajstić information content (AvgIpc) is 2.96. The SMILES string of the molecule is C=C(/C=C\C=C/C)N(C)C[C@@]1(COCC)CCN(C(=O)OC(C)(C)C)C1. The van der Waals surface area contributed by atoms with Gasteiger partial charge in [0.05, 0.1) is 6.61 Å². The fourth-order valence-electron chi connectivity index (χ4n) is 3.04. The van der Waals surface area contributed by atoms with Gasteiger partial charge in [-0.2, -0.15) is 0 Å². The quantitative estimate of drug-likeness (QED) is 0.605. The second kappa shape index (κ2) is 9.81. The molecule has 1 fully saturated rings. The van der Waals surface area contributed by atoms with Crippen molar-refractivity contribution in [2.45, 2.75) is 46.6 Å². The third-order valence-corrected chi connectivity index (χ3v) is 4.36. The first-order chi connectivity index (χ1) is 12.1. The summed E-state index contributed by atoms with van der Waals surface area (Å²) >= 11 is 0. The first-order valence-corrected chi connectivity index (χ1v) is 9.37. The van der Waals surface area contributed by atoms with Crippen LogP contribution in [0.1, 0.15) is 41.0 Å². The van der Waals surface area contributed by atoms with Crippen LogP contribution in [-0.4, -0.2) is 61.4 Å². The average molecular weight is 365 g/mol. The molecule has 0 bridgehead atoms. The monoisotopic (exact) mass is 364 g/mol. The fraction of sp³-hybridized carbons (Fsp3) is 0.667. The molecule has 5 nitrogen and oxygen atoms in total. The number of likely N-dealkylation sites (tertiary alicyclic amines) is 1. The van der Waals surface area contributed by atoms with Gasteiger partial charge in [-0.1, -0.05) is 24.8 Å². The molecule has 0 aromatic rings. The lowest BCUT2D eigenvalue weighted by molar-refractivity contribution is 0.0171. The number of ether oxygens (including phenoxy) is 2. The van der Waals surface area contributed by atoms with Gasteiger partial charge in [0.1, 0.15) is 5.60 Å². The smallest absolute Gasteiger partial charge is 0.410 e. The molecule has 26 heavy (non-hydrogen) atoms. The summed E-state index contributed by atoms with van der Waals surface area (Å²) in [5.41, 5.74) is 0.346. The molecule has 0 N–H and O–H groups in total. The second-order valence-electron chi connectivity index (χ2n) is 8.02. The Morgan fingerprint density at radius 3 is 2.62 bits per heavy atom. The molecule has 0 aromatic carbocycles. The summed E-state index contributed by atoms with van der Waals surface area (Å²) in [4.78, 5) is 16.4. The maximum Gasteiger partial charge on any atom is 0.410 e. The zero-order chi connectivity index (χ0) is 19.8. The van der Waals surface area contributed by atoms with Crippen LogP contribution in [0, 0.1) is 5.41 Å². The van der Waals surface area contributed by atoms with Gasteiger partial charge in [-0.3, -0.25) is 0 Å². The summed E-state index contributed by atoms with van der Waals surface area (Å²) in [6.07, 6.45) is 8.59. The molecule has 5 heteroatoms. The van der Waals surface area contributed by atoms with E-state index >= 15 is 0 Å². The highest BCUT2D eigenvalue weighted by Crippen LogP contribution is 2.33. The van der Waals surface area contributed by atoms with Crippen LogP contribution in [0.4, 0.5) is 4.79 Å². The molecule has 1 amide bonds. The standard InChI is InChI=1S/C21H36N2O3/c1-8-10-11-12-18(3)22(7)15-21(17-25-9-2)13-14-23(16-21)19(24)26-20(4,5)6/h8,10-12H,3,9,13-17H2,1-2,4-7H3/b10-8-,12-11-/t21-/m0/s1. The number of carbonyl (C=O) groups is 1. The van der Waals surface area contributed by atoms with E-state index in [1.807, 2.05) is 66.0 Å². The topological polar surface area (TPSA) is 42.0 Å². The number of nitrogens with zero attached hydrogens (tertiary/aromatic N) is 2. The van der Waals surface area contributed by atoms with E-state index in [9.17, 15) is 4.79 Å². The van der Waals surface area contributed by atoms with E-state index in [-0.39, 0.29) is 11.5 Å². The summed E-state index contributed by atoms with van der Waals surface area (Å²) < 4.78 is 11.3. The number of hydrogen-bond acceptors (Lipinski definition) is 4. The zero-order valence-corrected chi connectivity index (χ0v) is 17.4. The minimum Gasteiger partial charge on any atom is -0.444 e. The minimum atomic E-state index is -0.481. The Balaban J connectivity index is 2.79. The van der Waals surface area contributed by atoms with E-state index in [4.69, 9.17) is 9.47 Å². The second-order valence-corrected chi connectivity index (χ2v) is 8.02. The zero-order valence-electron chi connectivity index (χ0n) is 17.4. The van der Waals surface area contributed by atoms with Gasteiger partial charge in [0, 0.05) is 44.4 Å². The van der Waals surface area contributed by atoms with Crippen molar-refractivity contribution < 1.29 is 14.3 Å². The van der Waals surface area contributed by atoms with E-state index in [2.05, 4.69) is 11.5 Å². The Hall–Kier alpha value is -1.75. The van der Waals surface area contributed by atoms with Gasteiger partial charge < -0.3 is 19.3 Å². The van der Waals surface area contributed by atoms with Crippen molar-refractivity contribution in [3.8, 4) is 0 Å². The van der Waals surface area contributed by atoms with E-state index in [1.165, 1.54) is 0 Å². The molecule has 1 heterocycles. The van der Waals surface area contributed by atoms with Crippen LogP contribution < -0.4 is 0 Å². The van der Waals surface area contributed by atoms with Gasteiger partial charge >= 0.3 is 6.09 Å². The van der Waals surface area contributed by atoms with E-state index in [1.54, 1.807) is 4.90 Å². The number of rotatable bonds is 8. The van der Waals surface area contributed by atoms with Crippen molar-refractivity contribution in [3.05, 3.63) is 36.6 Å². The Kier molecular flexibility index (Phi) is 8.41. The number of likely N-dealkylation sites (N-methyl/N-ethyl adjacent to an activating group) is 1. The van der Waals surface area contributed by atoms with Gasteiger partial charge in [0.15, 0.2) is 0 Å². The molecule has 1 saturated heterocycles. The molecule has 0 aromatic heterocycles. The lowest BCUT2D eigenvalue weighted by atomic mass is 9.87. The van der Waals surface area contributed by atoms with Crippen molar-refractivity contribution >= 4 is 6.09 Å². The molecule has 1 aliphatic rings. The number of carbonyl (C=O) groups excluding carboxylic acids is 1. The summed E-state index contributed by atoms with van der Waals surface area (Å²) in [6.45, 7) is 17.2. The molecule has 0 aliphatic carbocycles. The molecule has 1 rings (SSSR count). The van der Waals surface area contributed by atoms with E-state index < -0.39 is 5.60 Å². The predicted octanol–water partition coefficient (Wildman–Crippen LogP) is 4.23. The van der Waals surface area contributed by atoms with Crippen molar-refractivity contribution in [2.24, 2.45) is 5.41 Å². The molecule has 1 aliphatic heterocycles. The van der Waals surface area contributed by atoms with E-state index in [0.717, 1.165) is 18.7 Å². The first kappa shape index (κ1) is 22.3. The summed E-state index contributed by atoms with van der Waals surface area (Å²) in [6, 6.07) is 0. The molecule has 1 atom stereocenters. The Morgan fingerprint density at radius 2 is 2.04 bits per heavy atom. The third kappa shape index (κ3) is 7.24. The molecular formula is C21H36N2O3. The number of allylic oxidation sites excluding steroid dienone is 4. The Bertz CT molecular complexity index is 534.